The van der Waals surface area contributed by atoms with E-state index >= 15 is 0 Å². The van der Waals surface area contributed by atoms with E-state index in [9.17, 15) is 9.59 Å². The second-order valence-electron chi connectivity index (χ2n) is 8.85. The minimum absolute atomic E-state index is 0. The number of allylic oxidation sites excluding steroid dienone is 3. The first-order valence-corrected chi connectivity index (χ1v) is 14.5. The molecular formula is C34H35FeO10P. The number of rotatable bonds is 11. The van der Waals surface area contributed by atoms with Crippen LogP contribution in [0.3, 0.4) is 0 Å². The van der Waals surface area contributed by atoms with Crippen molar-refractivity contribution in [2.75, 3.05) is 27.9 Å². The van der Waals surface area contributed by atoms with Gasteiger partial charge in [0.2, 0.25) is 0 Å². The van der Waals surface area contributed by atoms with Gasteiger partial charge in [-0.3, -0.25) is 9.59 Å². The Bertz CT molecular complexity index is 1210. The van der Waals surface area contributed by atoms with Crippen LogP contribution in [0.4, 0.5) is 0 Å². The van der Waals surface area contributed by atoms with E-state index < -0.39 is 26.5 Å². The van der Waals surface area contributed by atoms with Gasteiger partial charge in [0, 0.05) is 36.0 Å². The number of methoxy groups -OCH3 is 3. The molecule has 0 aliphatic heterocycles. The van der Waals surface area contributed by atoms with Crippen LogP contribution in [0.5, 0.6) is 17.2 Å². The Kier molecular flexibility index (Phi) is 23.8. The molecule has 0 heterocycles. The number of hydrogen-bond donors (Lipinski definition) is 0. The minimum Gasteiger partial charge on any atom is -0.409 e. The van der Waals surface area contributed by atoms with Gasteiger partial charge < -0.3 is 27.8 Å². The van der Waals surface area contributed by atoms with Crippen molar-refractivity contribution >= 4 is 20.5 Å². The van der Waals surface area contributed by atoms with Gasteiger partial charge in [0.15, 0.2) is 5.92 Å². The monoisotopic (exact) mass is 690 g/mol. The summed E-state index contributed by atoms with van der Waals surface area (Å²) < 4.78 is 47.1. The molecule has 12 heteroatoms. The molecule has 0 saturated heterocycles. The maximum Gasteiger partial charge on any atom is 0.530 e. The van der Waals surface area contributed by atoms with Gasteiger partial charge in [-0.15, -0.1) is 0 Å². The van der Waals surface area contributed by atoms with Crippen molar-refractivity contribution in [2.45, 2.75) is 6.42 Å². The molecule has 244 valence electrons. The van der Waals surface area contributed by atoms with Gasteiger partial charge in [-0.1, -0.05) is 78.9 Å². The maximum absolute atomic E-state index is 11.8. The molecule has 0 saturated carbocycles. The zero-order chi connectivity index (χ0) is 33.3. The Labute approximate surface area is 281 Å². The SMILES string of the molecule is COC[C@@H]1C=CC=C[C@H](C(C(=O)OC)C(=O)OC)C1.[C-]#[O+].[C-]#[O+].[Fe].c1ccc(OP(Oc2ccccc2)Oc2ccccc2)cc1. The van der Waals surface area contributed by atoms with Crippen LogP contribution in [0.1, 0.15) is 6.42 Å². The molecule has 4 rings (SSSR count). The maximum atomic E-state index is 11.8. The molecule has 46 heavy (non-hydrogen) atoms. The van der Waals surface area contributed by atoms with E-state index in [1.807, 2.05) is 115 Å². The minimum atomic E-state index is -1.59. The van der Waals surface area contributed by atoms with Crippen LogP contribution in [-0.4, -0.2) is 39.9 Å². The summed E-state index contributed by atoms with van der Waals surface area (Å²) in [5.41, 5.74) is 0. The molecule has 0 bridgehead atoms. The molecule has 10 nitrogen and oxygen atoms in total. The van der Waals surface area contributed by atoms with Crippen LogP contribution in [0.25, 0.3) is 0 Å². The van der Waals surface area contributed by atoms with E-state index in [-0.39, 0.29) is 28.9 Å². The molecule has 1 aliphatic carbocycles. The molecule has 0 radical (unpaired) electrons. The largest absolute Gasteiger partial charge is 0.530 e. The molecule has 0 amide bonds. The normalized spacial score (nSPS) is 14.1. The van der Waals surface area contributed by atoms with Crippen molar-refractivity contribution in [1.82, 2.24) is 0 Å². The zero-order valence-corrected chi connectivity index (χ0v) is 27.5. The molecular weight excluding hydrogens is 655 g/mol. The van der Waals surface area contributed by atoms with E-state index in [1.165, 1.54) is 14.2 Å². The summed E-state index contributed by atoms with van der Waals surface area (Å²) in [4.78, 5) is 23.6. The number of carbonyl (C=O) groups excluding carboxylic acids is 2. The number of carbonyl (C=O) groups is 2. The topological polar surface area (TPSA) is 129 Å². The fraction of sp³-hybridized carbons (Fsp3) is 0.235. The van der Waals surface area contributed by atoms with Crippen LogP contribution in [0.2, 0.25) is 0 Å². The average Bonchev–Trinajstić information content (AvgIpc) is 3.33. The Balaban J connectivity index is 0.000000787. The van der Waals surface area contributed by atoms with Gasteiger partial charge in [-0.2, -0.15) is 0 Å². The van der Waals surface area contributed by atoms with Crippen LogP contribution in [-0.2, 0) is 50.2 Å². The summed E-state index contributed by atoms with van der Waals surface area (Å²) in [6.07, 6.45) is 8.21. The number of hydrogen-bond acceptors (Lipinski definition) is 8. The molecule has 0 spiro atoms. The first-order valence-electron chi connectivity index (χ1n) is 13.4. The van der Waals surface area contributed by atoms with Crippen molar-refractivity contribution in [3.05, 3.63) is 129 Å². The number of para-hydroxylation sites is 3. The summed E-state index contributed by atoms with van der Waals surface area (Å²) in [6, 6.07) is 28.5. The Morgan fingerprint density at radius 2 is 1.07 bits per heavy atom. The van der Waals surface area contributed by atoms with Crippen molar-refractivity contribution in [3.63, 3.8) is 0 Å². The average molecular weight is 690 g/mol. The fourth-order valence-corrected chi connectivity index (χ4v) is 4.97. The zero-order valence-electron chi connectivity index (χ0n) is 25.5. The predicted molar refractivity (Wildman–Crippen MR) is 165 cm³/mol. The number of esters is 2. The standard InChI is InChI=1S/C18H15O3P.C14H20O5.2CO.Fe/c1-4-10-16(11-5-1)19-22(20-17-12-6-2-7-13-17)21-18-14-8-3-9-15-18;1-17-9-10-6-4-5-7-11(8-10)12(13(15)18-2)14(16)19-3;2*1-2;/h1-15H;4-7,10-12H,8-9H2,1-3H3;;;/t;10-,11+;;;/m.1.../s1. The molecule has 0 aromatic heterocycles. The van der Waals surface area contributed by atoms with Gasteiger partial charge in [0.1, 0.15) is 17.2 Å². The van der Waals surface area contributed by atoms with Crippen LogP contribution in [0, 0.1) is 31.1 Å². The van der Waals surface area contributed by atoms with E-state index in [4.69, 9.17) is 37.1 Å². The predicted octanol–water partition coefficient (Wildman–Crippen LogP) is 6.72. The molecule has 0 fully saturated rings. The molecule has 3 aromatic carbocycles. The first-order chi connectivity index (χ1) is 22.0. The second-order valence-corrected chi connectivity index (χ2v) is 9.84. The van der Waals surface area contributed by atoms with Crippen LogP contribution < -0.4 is 13.6 Å². The summed E-state index contributed by atoms with van der Waals surface area (Å²) in [5, 5.41) is 0. The molecule has 1 aliphatic rings. The Morgan fingerprint density at radius 3 is 1.41 bits per heavy atom. The van der Waals surface area contributed by atoms with E-state index in [0.29, 0.717) is 30.3 Å². The van der Waals surface area contributed by atoms with Gasteiger partial charge in [0.25, 0.3) is 0 Å². The van der Waals surface area contributed by atoms with Crippen molar-refractivity contribution < 1.29 is 63.7 Å². The molecule has 0 N–H and O–H groups in total. The second kappa shape index (κ2) is 26.1. The number of ether oxygens (including phenoxy) is 3. The third kappa shape index (κ3) is 15.7. The quantitative estimate of drug-likeness (QED) is 0.0542. The Morgan fingerprint density at radius 1 is 0.696 bits per heavy atom. The van der Waals surface area contributed by atoms with Crippen molar-refractivity contribution in [1.29, 1.82) is 0 Å². The third-order valence-corrected chi connectivity index (χ3v) is 7.00. The third-order valence-electron chi connectivity index (χ3n) is 5.92. The first kappa shape index (κ1) is 41.9. The van der Waals surface area contributed by atoms with Gasteiger partial charge in [-0.05, 0) is 42.8 Å². The van der Waals surface area contributed by atoms with Gasteiger partial charge in [0.05, 0.1) is 20.8 Å². The molecule has 0 unspecified atom stereocenters. The Hall–Kier alpha value is -4.13. The summed E-state index contributed by atoms with van der Waals surface area (Å²) in [5.74, 6) is -0.0390. The van der Waals surface area contributed by atoms with Crippen molar-refractivity contribution in [2.24, 2.45) is 17.8 Å². The van der Waals surface area contributed by atoms with Gasteiger partial charge in [-0.25, -0.2) is 0 Å². The summed E-state index contributed by atoms with van der Waals surface area (Å²) >= 11 is 0. The molecule has 3 aromatic rings. The number of benzene rings is 3. The summed E-state index contributed by atoms with van der Waals surface area (Å²) in [7, 11) is 2.57. The van der Waals surface area contributed by atoms with Crippen LogP contribution >= 0.6 is 8.60 Å². The summed E-state index contributed by atoms with van der Waals surface area (Å²) in [6.45, 7) is 9.55. The molecule has 2 atom stereocenters. The van der Waals surface area contributed by atoms with E-state index in [1.54, 1.807) is 7.11 Å². The van der Waals surface area contributed by atoms with Crippen LogP contribution in [0.15, 0.2) is 115 Å². The van der Waals surface area contributed by atoms with E-state index in [0.717, 1.165) is 0 Å². The van der Waals surface area contributed by atoms with Crippen molar-refractivity contribution in [3.8, 4) is 17.2 Å². The van der Waals surface area contributed by atoms with E-state index in [2.05, 4.69) is 13.3 Å². The fourth-order valence-electron chi connectivity index (χ4n) is 3.98. The van der Waals surface area contributed by atoms with Gasteiger partial charge >= 0.3 is 43.1 Å². The smallest absolute Gasteiger partial charge is 0.409 e.